The van der Waals surface area contributed by atoms with Gasteiger partial charge in [-0.15, -0.1) is 0 Å². The van der Waals surface area contributed by atoms with Crippen LogP contribution in [0.3, 0.4) is 0 Å². The van der Waals surface area contributed by atoms with Gasteiger partial charge in [0.25, 0.3) is 0 Å². The van der Waals surface area contributed by atoms with E-state index < -0.39 is 17.9 Å². The molecule has 4 nitrogen and oxygen atoms in total. The molecule has 1 aromatic rings. The van der Waals surface area contributed by atoms with E-state index in [9.17, 15) is 14.0 Å². The van der Waals surface area contributed by atoms with Crippen molar-refractivity contribution in [1.29, 1.82) is 0 Å². The van der Waals surface area contributed by atoms with Crippen LogP contribution in [0.15, 0.2) is 30.3 Å². The molecule has 0 aromatic heterocycles. The quantitative estimate of drug-likeness (QED) is 0.648. The minimum Gasteiger partial charge on any atom is -0.467 e. The molecule has 0 spiro atoms. The normalized spacial score (nSPS) is 12.4. The van der Waals surface area contributed by atoms with Crippen molar-refractivity contribution in [2.45, 2.75) is 26.3 Å². The molecule has 1 rings (SSSR count). The zero-order chi connectivity index (χ0) is 15.8. The molecule has 0 radical (unpaired) electrons. The van der Waals surface area contributed by atoms with E-state index in [1.165, 1.54) is 31.4 Å². The predicted molar refractivity (Wildman–Crippen MR) is 78.8 cm³/mol. The molecular formula is C16H20FNO3. The maximum absolute atomic E-state index is 13.0. The van der Waals surface area contributed by atoms with Crippen LogP contribution in [0, 0.1) is 11.7 Å². The Labute approximate surface area is 124 Å². The molecule has 5 heteroatoms. The first kappa shape index (κ1) is 16.9. The van der Waals surface area contributed by atoms with Crippen LogP contribution in [0.5, 0.6) is 0 Å². The van der Waals surface area contributed by atoms with Gasteiger partial charge in [0, 0.05) is 6.08 Å². The minimum absolute atomic E-state index is 0.238. The summed E-state index contributed by atoms with van der Waals surface area (Å²) < 4.78 is 17.7. The molecular weight excluding hydrogens is 273 g/mol. The summed E-state index contributed by atoms with van der Waals surface area (Å²) in [5.74, 6) is -1.03. The minimum atomic E-state index is -0.681. The van der Waals surface area contributed by atoms with Gasteiger partial charge in [0.2, 0.25) is 5.91 Å². The zero-order valence-electron chi connectivity index (χ0n) is 12.4. The lowest BCUT2D eigenvalue weighted by molar-refractivity contribution is -0.145. The summed E-state index contributed by atoms with van der Waals surface area (Å²) in [6, 6.07) is 5.20. The largest absolute Gasteiger partial charge is 0.467 e. The van der Waals surface area contributed by atoms with Gasteiger partial charge in [-0.3, -0.25) is 4.79 Å². The fourth-order valence-corrected chi connectivity index (χ4v) is 1.83. The molecule has 0 saturated heterocycles. The molecule has 0 aliphatic carbocycles. The van der Waals surface area contributed by atoms with Crippen molar-refractivity contribution in [1.82, 2.24) is 5.32 Å². The number of esters is 1. The van der Waals surface area contributed by atoms with Crippen LogP contribution >= 0.6 is 0 Å². The molecule has 21 heavy (non-hydrogen) atoms. The fraction of sp³-hybridized carbons (Fsp3) is 0.375. The maximum Gasteiger partial charge on any atom is 0.328 e. The third kappa shape index (κ3) is 6.21. The third-order valence-corrected chi connectivity index (χ3v) is 2.79. The Balaban J connectivity index is 2.67. The Hall–Kier alpha value is -2.17. The number of methoxy groups -OCH3 is 1. The zero-order valence-corrected chi connectivity index (χ0v) is 12.4. The number of hydrogen-bond acceptors (Lipinski definition) is 3. The monoisotopic (exact) mass is 293 g/mol. The first-order valence-corrected chi connectivity index (χ1v) is 6.74. The maximum atomic E-state index is 13.0. The van der Waals surface area contributed by atoms with Gasteiger partial charge in [0.05, 0.1) is 7.11 Å². The second-order valence-corrected chi connectivity index (χ2v) is 5.10. The Bertz CT molecular complexity index is 526. The number of carbonyl (C=O) groups is 2. The van der Waals surface area contributed by atoms with E-state index in [2.05, 4.69) is 10.1 Å². The van der Waals surface area contributed by atoms with Crippen molar-refractivity contribution < 1.29 is 18.7 Å². The van der Waals surface area contributed by atoms with E-state index >= 15 is 0 Å². The standard InChI is InChI=1S/C16H20FNO3/c1-11(2)9-14(16(20)21-3)18-15(19)8-7-12-5-4-6-13(17)10-12/h4-8,10-11,14H,9H2,1-3H3,(H,18,19)/b8-7+. The predicted octanol–water partition coefficient (Wildman–Crippen LogP) is 2.54. The molecule has 0 fully saturated rings. The van der Waals surface area contributed by atoms with Crippen molar-refractivity contribution in [3.8, 4) is 0 Å². The summed E-state index contributed by atoms with van der Waals surface area (Å²) >= 11 is 0. The molecule has 0 aliphatic rings. The highest BCUT2D eigenvalue weighted by Crippen LogP contribution is 2.07. The van der Waals surface area contributed by atoms with Gasteiger partial charge in [0.1, 0.15) is 11.9 Å². The van der Waals surface area contributed by atoms with Crippen molar-refractivity contribution >= 4 is 18.0 Å². The van der Waals surface area contributed by atoms with Crippen molar-refractivity contribution in [3.05, 3.63) is 41.7 Å². The second kappa shape index (κ2) is 8.19. The number of hydrogen-bond donors (Lipinski definition) is 1. The van der Waals surface area contributed by atoms with E-state index in [4.69, 9.17) is 0 Å². The van der Waals surface area contributed by atoms with Crippen LogP contribution in [0.25, 0.3) is 6.08 Å². The summed E-state index contributed by atoms with van der Waals surface area (Å²) in [6.45, 7) is 3.90. The number of rotatable bonds is 6. The van der Waals surface area contributed by atoms with E-state index in [1.807, 2.05) is 13.8 Å². The van der Waals surface area contributed by atoms with Gasteiger partial charge in [-0.2, -0.15) is 0 Å². The van der Waals surface area contributed by atoms with Gasteiger partial charge in [0.15, 0.2) is 0 Å². The SMILES string of the molecule is COC(=O)C(CC(C)C)NC(=O)/C=C/c1cccc(F)c1. The van der Waals surface area contributed by atoms with Gasteiger partial charge in [-0.25, -0.2) is 9.18 Å². The van der Waals surface area contributed by atoms with E-state index in [-0.39, 0.29) is 11.7 Å². The Morgan fingerprint density at radius 3 is 2.67 bits per heavy atom. The van der Waals surface area contributed by atoms with Gasteiger partial charge < -0.3 is 10.1 Å². The number of nitrogens with one attached hydrogen (secondary N) is 1. The highest BCUT2D eigenvalue weighted by Gasteiger charge is 2.21. The second-order valence-electron chi connectivity index (χ2n) is 5.10. The average Bonchev–Trinajstić information content (AvgIpc) is 2.43. The Morgan fingerprint density at radius 1 is 1.38 bits per heavy atom. The van der Waals surface area contributed by atoms with Crippen LogP contribution in [0.2, 0.25) is 0 Å². The summed E-state index contributed by atoms with van der Waals surface area (Å²) in [4.78, 5) is 23.4. The summed E-state index contributed by atoms with van der Waals surface area (Å²) in [5, 5.41) is 2.59. The number of ether oxygens (including phenoxy) is 1. The summed E-state index contributed by atoms with van der Waals surface area (Å²) in [7, 11) is 1.28. The molecule has 1 aromatic carbocycles. The fourth-order valence-electron chi connectivity index (χ4n) is 1.83. The number of benzene rings is 1. The molecule has 1 amide bonds. The molecule has 0 aliphatic heterocycles. The van der Waals surface area contributed by atoms with E-state index in [0.29, 0.717) is 12.0 Å². The first-order valence-electron chi connectivity index (χ1n) is 6.74. The molecule has 0 heterocycles. The van der Waals surface area contributed by atoms with Crippen LogP contribution in [-0.4, -0.2) is 25.0 Å². The van der Waals surface area contributed by atoms with Gasteiger partial charge in [-0.1, -0.05) is 26.0 Å². The first-order chi connectivity index (χ1) is 9.92. The van der Waals surface area contributed by atoms with Crippen LogP contribution in [0.1, 0.15) is 25.8 Å². The molecule has 0 bridgehead atoms. The van der Waals surface area contributed by atoms with Crippen LogP contribution in [0.4, 0.5) is 4.39 Å². The average molecular weight is 293 g/mol. The van der Waals surface area contributed by atoms with Crippen LogP contribution in [-0.2, 0) is 14.3 Å². The molecule has 1 unspecified atom stereocenters. The molecule has 1 atom stereocenters. The highest BCUT2D eigenvalue weighted by molar-refractivity contribution is 5.94. The molecule has 114 valence electrons. The summed E-state index contributed by atoms with van der Waals surface area (Å²) in [6.07, 6.45) is 3.25. The number of carbonyl (C=O) groups excluding carboxylic acids is 2. The summed E-state index contributed by atoms with van der Waals surface area (Å²) in [5.41, 5.74) is 0.573. The Kier molecular flexibility index (Phi) is 6.59. The van der Waals surface area contributed by atoms with Crippen molar-refractivity contribution in [3.63, 3.8) is 0 Å². The lowest BCUT2D eigenvalue weighted by Gasteiger charge is -2.17. The van der Waals surface area contributed by atoms with Crippen LogP contribution < -0.4 is 5.32 Å². The van der Waals surface area contributed by atoms with Crippen molar-refractivity contribution in [2.24, 2.45) is 5.92 Å². The topological polar surface area (TPSA) is 55.4 Å². The highest BCUT2D eigenvalue weighted by atomic mass is 19.1. The number of amides is 1. The smallest absolute Gasteiger partial charge is 0.328 e. The Morgan fingerprint density at radius 2 is 2.10 bits per heavy atom. The lowest BCUT2D eigenvalue weighted by atomic mass is 10.0. The van der Waals surface area contributed by atoms with E-state index in [0.717, 1.165) is 0 Å². The third-order valence-electron chi connectivity index (χ3n) is 2.79. The molecule has 0 saturated carbocycles. The van der Waals surface area contributed by atoms with Crippen molar-refractivity contribution in [2.75, 3.05) is 7.11 Å². The van der Waals surface area contributed by atoms with Gasteiger partial charge in [-0.05, 0) is 36.1 Å². The number of halogens is 1. The van der Waals surface area contributed by atoms with E-state index in [1.54, 1.807) is 12.1 Å². The lowest BCUT2D eigenvalue weighted by Crippen LogP contribution is -2.41. The van der Waals surface area contributed by atoms with Gasteiger partial charge >= 0.3 is 5.97 Å². The molecule has 1 N–H and O–H groups in total.